The average Bonchev–Trinajstić information content (AvgIpc) is 2.60. The minimum atomic E-state index is -4.84. The second-order valence-electron chi connectivity index (χ2n) is 3.62. The van der Waals surface area contributed by atoms with Gasteiger partial charge in [0.15, 0.2) is 0 Å². The van der Waals surface area contributed by atoms with Gasteiger partial charge in [-0.15, -0.1) is 0 Å². The number of nitrogens with two attached hydrogens (primary N) is 1. The Balaban J connectivity index is 3.32. The van der Waals surface area contributed by atoms with Crippen LogP contribution >= 0.6 is 0 Å². The summed E-state index contributed by atoms with van der Waals surface area (Å²) in [5.41, 5.74) is 1.97. The molecule has 92 valence electrons. The molecule has 0 aromatic carbocycles. The van der Waals surface area contributed by atoms with Gasteiger partial charge in [-0.2, -0.15) is 18.3 Å². The van der Waals surface area contributed by atoms with E-state index in [9.17, 15) is 18.3 Å². The molecule has 2 atom stereocenters. The molecule has 7 heteroatoms. The molecule has 0 radical (unpaired) electrons. The predicted molar refractivity (Wildman–Crippen MR) is 51.4 cm³/mol. The number of nitrogens with zero attached hydrogens (tertiary/aromatic N) is 2. The summed E-state index contributed by atoms with van der Waals surface area (Å²) in [4.78, 5) is 0. The zero-order chi connectivity index (χ0) is 12.6. The van der Waals surface area contributed by atoms with Crippen LogP contribution in [0.5, 0.6) is 0 Å². The molecular formula is C9H14F3N3O. The van der Waals surface area contributed by atoms with Gasteiger partial charge < -0.3 is 10.8 Å². The van der Waals surface area contributed by atoms with E-state index in [1.54, 1.807) is 0 Å². The summed E-state index contributed by atoms with van der Waals surface area (Å²) >= 11 is 0. The molecule has 3 N–H and O–H groups in total. The van der Waals surface area contributed by atoms with Crippen molar-refractivity contribution in [1.29, 1.82) is 0 Å². The Labute approximate surface area is 90.9 Å². The number of alkyl halides is 3. The first kappa shape index (κ1) is 13.0. The molecule has 1 rings (SSSR count). The van der Waals surface area contributed by atoms with Crippen LogP contribution in [0.4, 0.5) is 13.2 Å². The monoisotopic (exact) mass is 237 g/mol. The molecule has 0 saturated carbocycles. The summed E-state index contributed by atoms with van der Waals surface area (Å²) < 4.78 is 39.7. The van der Waals surface area contributed by atoms with E-state index in [4.69, 9.17) is 5.73 Å². The third kappa shape index (κ3) is 1.80. The Kier molecular flexibility index (Phi) is 3.30. The van der Waals surface area contributed by atoms with Crippen LogP contribution in [0.15, 0.2) is 12.3 Å². The summed E-state index contributed by atoms with van der Waals surface area (Å²) in [5.74, 6) is 0. The van der Waals surface area contributed by atoms with E-state index in [2.05, 4.69) is 5.10 Å². The smallest absolute Gasteiger partial charge is 0.374 e. The molecule has 0 amide bonds. The highest BCUT2D eigenvalue weighted by atomic mass is 19.4. The molecule has 2 unspecified atom stereocenters. The summed E-state index contributed by atoms with van der Waals surface area (Å²) in [6, 6.07) is -0.314. The van der Waals surface area contributed by atoms with Gasteiger partial charge >= 0.3 is 6.18 Å². The van der Waals surface area contributed by atoms with E-state index >= 15 is 0 Å². The SMILES string of the molecule is CCC(N)C(O)(c1ccnn1C)C(F)(F)F. The highest BCUT2D eigenvalue weighted by Crippen LogP contribution is 2.41. The zero-order valence-corrected chi connectivity index (χ0v) is 8.99. The van der Waals surface area contributed by atoms with Crippen molar-refractivity contribution in [2.75, 3.05) is 0 Å². The number of hydrogen-bond donors (Lipinski definition) is 2. The van der Waals surface area contributed by atoms with Gasteiger partial charge in [0, 0.05) is 19.3 Å². The van der Waals surface area contributed by atoms with Crippen molar-refractivity contribution in [2.45, 2.75) is 31.2 Å². The van der Waals surface area contributed by atoms with Crippen LogP contribution in [0.3, 0.4) is 0 Å². The lowest BCUT2D eigenvalue weighted by molar-refractivity contribution is -0.277. The highest BCUT2D eigenvalue weighted by molar-refractivity contribution is 5.18. The Morgan fingerprint density at radius 3 is 2.44 bits per heavy atom. The fraction of sp³-hybridized carbons (Fsp3) is 0.667. The van der Waals surface area contributed by atoms with Crippen molar-refractivity contribution in [3.8, 4) is 0 Å². The maximum Gasteiger partial charge on any atom is 0.424 e. The summed E-state index contributed by atoms with van der Waals surface area (Å²) in [6.07, 6.45) is -3.65. The average molecular weight is 237 g/mol. The molecule has 0 saturated heterocycles. The van der Waals surface area contributed by atoms with Gasteiger partial charge in [0.25, 0.3) is 0 Å². The van der Waals surface area contributed by atoms with E-state index < -0.39 is 17.8 Å². The van der Waals surface area contributed by atoms with E-state index in [0.717, 1.165) is 10.7 Å². The van der Waals surface area contributed by atoms with Gasteiger partial charge in [0.05, 0.1) is 5.69 Å². The fourth-order valence-corrected chi connectivity index (χ4v) is 1.59. The lowest BCUT2D eigenvalue weighted by Crippen LogP contribution is -2.56. The Hall–Kier alpha value is -1.08. The van der Waals surface area contributed by atoms with Gasteiger partial charge in [-0.3, -0.25) is 4.68 Å². The third-order valence-corrected chi connectivity index (χ3v) is 2.62. The van der Waals surface area contributed by atoms with Crippen molar-refractivity contribution >= 4 is 0 Å². The lowest BCUT2D eigenvalue weighted by atomic mass is 9.88. The van der Waals surface area contributed by atoms with Crippen LogP contribution < -0.4 is 5.73 Å². The molecule has 0 bridgehead atoms. The number of aryl methyl sites for hydroxylation is 1. The van der Waals surface area contributed by atoms with Crippen molar-refractivity contribution in [3.63, 3.8) is 0 Å². The molecule has 1 heterocycles. The van der Waals surface area contributed by atoms with Crippen LogP contribution in [0.2, 0.25) is 0 Å². The second kappa shape index (κ2) is 4.06. The zero-order valence-electron chi connectivity index (χ0n) is 8.99. The van der Waals surface area contributed by atoms with Gasteiger partial charge in [-0.25, -0.2) is 0 Å². The number of halogens is 3. The molecular weight excluding hydrogens is 223 g/mol. The molecule has 0 aliphatic carbocycles. The van der Waals surface area contributed by atoms with Crippen molar-refractivity contribution in [3.05, 3.63) is 18.0 Å². The van der Waals surface area contributed by atoms with Crippen LogP contribution in [0.25, 0.3) is 0 Å². The maximum absolute atomic E-state index is 12.9. The number of rotatable bonds is 3. The first-order chi connectivity index (χ1) is 7.25. The maximum atomic E-state index is 12.9. The quantitative estimate of drug-likeness (QED) is 0.821. The van der Waals surface area contributed by atoms with Crippen LogP contribution in [0.1, 0.15) is 19.0 Å². The molecule has 0 fully saturated rings. The normalized spacial score (nSPS) is 18.2. The molecule has 0 aliphatic heterocycles. The largest absolute Gasteiger partial charge is 0.424 e. The number of hydrogen-bond acceptors (Lipinski definition) is 3. The Morgan fingerprint density at radius 1 is 1.56 bits per heavy atom. The molecule has 1 aromatic rings. The van der Waals surface area contributed by atoms with Gasteiger partial charge in [-0.05, 0) is 12.5 Å². The summed E-state index contributed by atoms with van der Waals surface area (Å²) in [5, 5.41) is 13.5. The molecule has 0 aliphatic rings. The molecule has 16 heavy (non-hydrogen) atoms. The number of aliphatic hydroxyl groups is 1. The molecule has 4 nitrogen and oxygen atoms in total. The summed E-state index contributed by atoms with van der Waals surface area (Å²) in [7, 11) is 1.33. The first-order valence-electron chi connectivity index (χ1n) is 4.78. The minimum Gasteiger partial charge on any atom is -0.374 e. The van der Waals surface area contributed by atoms with Gasteiger partial charge in [0.2, 0.25) is 5.60 Å². The Bertz CT molecular complexity index is 363. The van der Waals surface area contributed by atoms with Gasteiger partial charge in [-0.1, -0.05) is 6.92 Å². The predicted octanol–water partition coefficient (Wildman–Crippen LogP) is 0.907. The third-order valence-electron chi connectivity index (χ3n) is 2.62. The van der Waals surface area contributed by atoms with Crippen molar-refractivity contribution in [1.82, 2.24) is 9.78 Å². The topological polar surface area (TPSA) is 64.1 Å². The first-order valence-corrected chi connectivity index (χ1v) is 4.78. The molecule has 0 spiro atoms. The minimum absolute atomic E-state index is 0.00118. The lowest BCUT2D eigenvalue weighted by Gasteiger charge is -2.35. The Morgan fingerprint density at radius 2 is 2.12 bits per heavy atom. The van der Waals surface area contributed by atoms with Crippen LogP contribution in [0, 0.1) is 0 Å². The fourth-order valence-electron chi connectivity index (χ4n) is 1.59. The molecule has 1 aromatic heterocycles. The standard InChI is InChI=1S/C9H14F3N3O/c1-3-6(13)8(16,9(10,11)12)7-4-5-14-15(7)2/h4-6,16H,3,13H2,1-2H3. The van der Waals surface area contributed by atoms with E-state index in [0.29, 0.717) is 0 Å². The second-order valence-corrected chi connectivity index (χ2v) is 3.62. The van der Waals surface area contributed by atoms with Crippen molar-refractivity contribution < 1.29 is 18.3 Å². The van der Waals surface area contributed by atoms with E-state index in [1.807, 2.05) is 0 Å². The van der Waals surface area contributed by atoms with Gasteiger partial charge in [0.1, 0.15) is 0 Å². The van der Waals surface area contributed by atoms with E-state index in [1.165, 1.54) is 20.2 Å². The van der Waals surface area contributed by atoms with Crippen LogP contribution in [-0.4, -0.2) is 27.1 Å². The highest BCUT2D eigenvalue weighted by Gasteiger charge is 2.59. The van der Waals surface area contributed by atoms with Crippen LogP contribution in [-0.2, 0) is 12.6 Å². The van der Waals surface area contributed by atoms with Crippen molar-refractivity contribution in [2.24, 2.45) is 12.8 Å². The summed E-state index contributed by atoms with van der Waals surface area (Å²) in [6.45, 7) is 1.48. The van der Waals surface area contributed by atoms with E-state index in [-0.39, 0.29) is 12.1 Å². The number of aromatic nitrogens is 2.